The topological polar surface area (TPSA) is 76.9 Å². The minimum absolute atomic E-state index is 0.260. The van der Waals surface area contributed by atoms with Gasteiger partial charge in [0.2, 0.25) is 0 Å². The second-order valence-electron chi connectivity index (χ2n) is 5.56. The fourth-order valence-corrected chi connectivity index (χ4v) is 3.23. The summed E-state index contributed by atoms with van der Waals surface area (Å²) in [6.45, 7) is 1.93. The first kappa shape index (κ1) is 18.3. The molecule has 1 N–H and O–H groups in total. The second kappa shape index (κ2) is 7.80. The molecule has 0 radical (unpaired) electrons. The van der Waals surface area contributed by atoms with Gasteiger partial charge in [0.1, 0.15) is 0 Å². The van der Waals surface area contributed by atoms with E-state index in [1.807, 2.05) is 19.1 Å². The van der Waals surface area contributed by atoms with Gasteiger partial charge in [-0.3, -0.25) is 9.00 Å². The van der Waals surface area contributed by atoms with Gasteiger partial charge in [-0.25, -0.2) is 4.68 Å². The van der Waals surface area contributed by atoms with Crippen LogP contribution in [0.2, 0.25) is 5.02 Å². The van der Waals surface area contributed by atoms with Crippen LogP contribution >= 0.6 is 11.6 Å². The van der Waals surface area contributed by atoms with Crippen LogP contribution in [-0.4, -0.2) is 31.4 Å². The van der Waals surface area contributed by atoms with E-state index in [0.29, 0.717) is 27.7 Å². The molecule has 0 saturated carbocycles. The maximum atomic E-state index is 12.6. The van der Waals surface area contributed by atoms with Crippen LogP contribution in [0, 0.1) is 0 Å². The third-order valence-electron chi connectivity index (χ3n) is 3.81. The molecule has 6 nitrogen and oxygen atoms in total. The summed E-state index contributed by atoms with van der Waals surface area (Å²) in [7, 11) is -1.06. The molecule has 0 bridgehead atoms. The van der Waals surface area contributed by atoms with Crippen molar-refractivity contribution >= 4 is 34.0 Å². The lowest BCUT2D eigenvalue weighted by molar-refractivity contribution is 0.102. The summed E-state index contributed by atoms with van der Waals surface area (Å²) in [6, 6.07) is 14.1. The number of carbonyl (C=O) groups excluding carboxylic acids is 1. The van der Waals surface area contributed by atoms with E-state index in [9.17, 15) is 9.00 Å². The Morgan fingerprint density at radius 1 is 1.23 bits per heavy atom. The van der Waals surface area contributed by atoms with Crippen LogP contribution in [-0.2, 0) is 17.2 Å². The van der Waals surface area contributed by atoms with Gasteiger partial charge < -0.3 is 5.32 Å². The van der Waals surface area contributed by atoms with Crippen molar-refractivity contribution in [2.75, 3.05) is 11.6 Å². The Labute approximate surface area is 158 Å². The van der Waals surface area contributed by atoms with Gasteiger partial charge >= 0.3 is 0 Å². The van der Waals surface area contributed by atoms with Gasteiger partial charge in [0, 0.05) is 32.7 Å². The Morgan fingerprint density at radius 3 is 2.58 bits per heavy atom. The van der Waals surface area contributed by atoms with Crippen molar-refractivity contribution in [3.8, 4) is 5.69 Å². The molecule has 0 fully saturated rings. The molecule has 1 heterocycles. The van der Waals surface area contributed by atoms with Crippen molar-refractivity contribution in [1.82, 2.24) is 15.0 Å². The van der Waals surface area contributed by atoms with Gasteiger partial charge in [-0.2, -0.15) is 0 Å². The Kier molecular flexibility index (Phi) is 5.49. The highest BCUT2D eigenvalue weighted by molar-refractivity contribution is 7.84. The van der Waals surface area contributed by atoms with Crippen LogP contribution in [0.15, 0.2) is 53.4 Å². The average Bonchev–Trinajstić information content (AvgIpc) is 3.06. The Balaban J connectivity index is 1.87. The number of amides is 1. The van der Waals surface area contributed by atoms with Crippen molar-refractivity contribution in [3.05, 3.63) is 64.9 Å². The monoisotopic (exact) mass is 388 g/mol. The molecule has 1 unspecified atom stereocenters. The third kappa shape index (κ3) is 3.84. The molecule has 1 amide bonds. The number of carbonyl (C=O) groups is 1. The highest BCUT2D eigenvalue weighted by atomic mass is 35.5. The first-order chi connectivity index (χ1) is 12.5. The number of aromatic nitrogens is 3. The predicted molar refractivity (Wildman–Crippen MR) is 102 cm³/mol. The lowest BCUT2D eigenvalue weighted by Gasteiger charge is -2.07. The van der Waals surface area contributed by atoms with Crippen molar-refractivity contribution in [2.45, 2.75) is 18.2 Å². The summed E-state index contributed by atoms with van der Waals surface area (Å²) in [5.74, 6) is -0.347. The van der Waals surface area contributed by atoms with E-state index < -0.39 is 10.8 Å². The Hall–Kier alpha value is -2.51. The number of hydrogen-bond acceptors (Lipinski definition) is 4. The Morgan fingerprint density at radius 2 is 1.96 bits per heavy atom. The van der Waals surface area contributed by atoms with Gasteiger partial charge in [-0.1, -0.05) is 29.8 Å². The van der Waals surface area contributed by atoms with Crippen molar-refractivity contribution in [3.63, 3.8) is 0 Å². The molecule has 0 aliphatic carbocycles. The number of rotatable bonds is 5. The lowest BCUT2D eigenvalue weighted by atomic mass is 10.2. The first-order valence-electron chi connectivity index (χ1n) is 7.95. The molecule has 26 heavy (non-hydrogen) atoms. The van der Waals surface area contributed by atoms with E-state index in [1.165, 1.54) is 0 Å². The SMILES string of the molecule is CCc1c(C(=O)Nc2ccc(S(C)=O)cc2)nnn1-c1cccc(Cl)c1. The van der Waals surface area contributed by atoms with Gasteiger partial charge in [0.25, 0.3) is 5.91 Å². The molecule has 0 aliphatic rings. The molecule has 1 aromatic heterocycles. The van der Waals surface area contributed by atoms with Crippen molar-refractivity contribution in [2.24, 2.45) is 0 Å². The quantitative estimate of drug-likeness (QED) is 0.726. The molecule has 2 aromatic carbocycles. The summed E-state index contributed by atoms with van der Waals surface area (Å²) in [4.78, 5) is 13.3. The van der Waals surface area contributed by atoms with E-state index in [4.69, 9.17) is 11.6 Å². The van der Waals surface area contributed by atoms with Crippen LogP contribution < -0.4 is 5.32 Å². The lowest BCUT2D eigenvalue weighted by Crippen LogP contribution is -2.15. The number of halogens is 1. The summed E-state index contributed by atoms with van der Waals surface area (Å²) in [5.41, 5.74) is 2.30. The van der Waals surface area contributed by atoms with Gasteiger partial charge in [-0.15, -0.1) is 5.10 Å². The highest BCUT2D eigenvalue weighted by Crippen LogP contribution is 2.19. The maximum Gasteiger partial charge on any atom is 0.278 e. The maximum absolute atomic E-state index is 12.6. The molecule has 134 valence electrons. The van der Waals surface area contributed by atoms with Crippen molar-refractivity contribution < 1.29 is 9.00 Å². The smallest absolute Gasteiger partial charge is 0.278 e. The van der Waals surface area contributed by atoms with E-state index in [0.717, 1.165) is 5.69 Å². The number of benzene rings is 2. The molecule has 1 atom stereocenters. The minimum Gasteiger partial charge on any atom is -0.321 e. The van der Waals surface area contributed by atoms with Crippen LogP contribution in [0.4, 0.5) is 5.69 Å². The van der Waals surface area contributed by atoms with Crippen molar-refractivity contribution in [1.29, 1.82) is 0 Å². The van der Waals surface area contributed by atoms with Gasteiger partial charge in [0.15, 0.2) is 5.69 Å². The molecule has 0 saturated heterocycles. The van der Waals surface area contributed by atoms with E-state index >= 15 is 0 Å². The molecule has 3 rings (SSSR count). The fraction of sp³-hybridized carbons (Fsp3) is 0.167. The zero-order valence-corrected chi connectivity index (χ0v) is 15.8. The highest BCUT2D eigenvalue weighted by Gasteiger charge is 2.19. The van der Waals surface area contributed by atoms with Crippen LogP contribution in [0.5, 0.6) is 0 Å². The van der Waals surface area contributed by atoms with Gasteiger partial charge in [-0.05, 0) is 48.9 Å². The summed E-state index contributed by atoms with van der Waals surface area (Å²) < 4.78 is 13.1. The first-order valence-corrected chi connectivity index (χ1v) is 9.88. The summed E-state index contributed by atoms with van der Waals surface area (Å²) >= 11 is 6.04. The standard InChI is InChI=1S/C18H17ClN4O2S/c1-3-16-17(21-22-23(16)14-6-4-5-12(19)11-14)18(24)20-13-7-9-15(10-8-13)26(2)25/h4-11H,3H2,1-2H3,(H,20,24). The van der Waals surface area contributed by atoms with Crippen LogP contribution in [0.3, 0.4) is 0 Å². The fourth-order valence-electron chi connectivity index (χ4n) is 2.53. The van der Waals surface area contributed by atoms with Gasteiger partial charge in [0.05, 0.1) is 11.4 Å². The molecular weight excluding hydrogens is 372 g/mol. The predicted octanol–water partition coefficient (Wildman–Crippen LogP) is 3.47. The molecule has 8 heteroatoms. The number of nitrogens with one attached hydrogen (secondary N) is 1. The van der Waals surface area contributed by atoms with Crippen LogP contribution in [0.25, 0.3) is 5.69 Å². The summed E-state index contributed by atoms with van der Waals surface area (Å²) in [6.07, 6.45) is 2.19. The normalized spacial score (nSPS) is 12.0. The third-order valence-corrected chi connectivity index (χ3v) is 4.98. The molecular formula is C18H17ClN4O2S. The largest absolute Gasteiger partial charge is 0.321 e. The number of nitrogens with zero attached hydrogens (tertiary/aromatic N) is 3. The molecule has 0 spiro atoms. The van der Waals surface area contributed by atoms with E-state index in [2.05, 4.69) is 15.6 Å². The number of anilines is 1. The second-order valence-corrected chi connectivity index (χ2v) is 7.38. The Bertz CT molecular complexity index is 970. The number of hydrogen-bond donors (Lipinski definition) is 1. The zero-order valence-electron chi connectivity index (χ0n) is 14.3. The summed E-state index contributed by atoms with van der Waals surface area (Å²) in [5, 5.41) is 11.5. The van der Waals surface area contributed by atoms with Crippen LogP contribution in [0.1, 0.15) is 23.1 Å². The molecule has 3 aromatic rings. The molecule has 0 aliphatic heterocycles. The minimum atomic E-state index is -1.06. The zero-order chi connectivity index (χ0) is 18.7. The average molecular weight is 389 g/mol. The van der Waals surface area contributed by atoms with E-state index in [1.54, 1.807) is 47.3 Å². The van der Waals surface area contributed by atoms with E-state index in [-0.39, 0.29) is 11.6 Å².